The minimum Gasteiger partial charge on any atom is -0.489 e. The van der Waals surface area contributed by atoms with Crippen LogP contribution in [0.25, 0.3) is 0 Å². The molecule has 0 amide bonds. The van der Waals surface area contributed by atoms with Crippen LogP contribution in [0.5, 0.6) is 5.75 Å². The van der Waals surface area contributed by atoms with Crippen LogP contribution in [-0.4, -0.2) is 29.2 Å². The normalized spacial score (nSPS) is 11.6. The zero-order valence-electron chi connectivity index (χ0n) is 15.9. The molecule has 3 N–H and O–H groups in total. The first-order chi connectivity index (χ1) is 12.7. The van der Waals surface area contributed by atoms with Crippen molar-refractivity contribution in [2.45, 2.75) is 45.4 Å². The van der Waals surface area contributed by atoms with E-state index in [9.17, 15) is 9.59 Å². The molecule has 6 nitrogen and oxygen atoms in total. The van der Waals surface area contributed by atoms with Gasteiger partial charge in [0.15, 0.2) is 0 Å². The molecule has 0 bridgehead atoms. The predicted octanol–water partition coefficient (Wildman–Crippen LogP) is 3.18. The number of nitrogens with two attached hydrogens (primary N) is 1. The lowest BCUT2D eigenvalue weighted by atomic mass is 10.1. The first-order valence-corrected chi connectivity index (χ1v) is 8.57. The van der Waals surface area contributed by atoms with Crippen molar-refractivity contribution in [3.63, 3.8) is 0 Å². The molecule has 0 aliphatic heterocycles. The predicted molar refractivity (Wildman–Crippen MR) is 103 cm³/mol. The van der Waals surface area contributed by atoms with Gasteiger partial charge in [-0.2, -0.15) is 0 Å². The van der Waals surface area contributed by atoms with Crippen molar-refractivity contribution in [2.75, 3.05) is 0 Å². The monoisotopic (exact) mass is 373 g/mol. The molecule has 2 rings (SSSR count). The number of carboxylic acid groups (broad SMARTS) is 1. The summed E-state index contributed by atoms with van der Waals surface area (Å²) in [4.78, 5) is 20.3. The molecule has 6 heteroatoms. The Morgan fingerprint density at radius 1 is 1.07 bits per heavy atom. The third kappa shape index (κ3) is 10.0. The Bertz CT molecular complexity index is 693. The Hall–Kier alpha value is -2.86. The van der Waals surface area contributed by atoms with E-state index in [4.69, 9.17) is 15.6 Å². The minimum atomic E-state index is -0.991. The maximum atomic E-state index is 10.7. The molecule has 0 fully saturated rings. The fourth-order valence-corrected chi connectivity index (χ4v) is 1.95. The molecular formula is C21H27NO5. The van der Waals surface area contributed by atoms with Crippen molar-refractivity contribution in [3.05, 3.63) is 65.7 Å². The average molecular weight is 373 g/mol. The number of carbonyl (C=O) groups excluding carboxylic acids is 1. The van der Waals surface area contributed by atoms with Crippen molar-refractivity contribution in [3.8, 4) is 5.75 Å². The topological polar surface area (TPSA) is 98.9 Å². The van der Waals surface area contributed by atoms with Gasteiger partial charge >= 0.3 is 5.97 Å². The van der Waals surface area contributed by atoms with Gasteiger partial charge in [-0.3, -0.25) is 9.59 Å². The highest BCUT2D eigenvalue weighted by Crippen LogP contribution is 2.15. The van der Waals surface area contributed by atoms with Gasteiger partial charge < -0.3 is 20.3 Å². The second-order valence-electron chi connectivity index (χ2n) is 6.89. The van der Waals surface area contributed by atoms with E-state index in [2.05, 4.69) is 4.74 Å². The van der Waals surface area contributed by atoms with Crippen LogP contribution in [0.15, 0.2) is 54.6 Å². The zero-order chi connectivity index (χ0) is 20.3. The van der Waals surface area contributed by atoms with E-state index >= 15 is 0 Å². The maximum Gasteiger partial charge on any atom is 0.320 e. The first-order valence-electron chi connectivity index (χ1n) is 8.57. The van der Waals surface area contributed by atoms with Gasteiger partial charge in [0.2, 0.25) is 0 Å². The number of hydrogen-bond acceptors (Lipinski definition) is 5. The molecule has 0 aromatic heterocycles. The molecule has 0 saturated heterocycles. The number of carbonyl (C=O) groups is 2. The Morgan fingerprint density at radius 3 is 2.11 bits per heavy atom. The summed E-state index contributed by atoms with van der Waals surface area (Å²) in [5.74, 6) is -0.240. The summed E-state index contributed by atoms with van der Waals surface area (Å²) in [6.07, 6.45) is 0.314. The van der Waals surface area contributed by atoms with Crippen LogP contribution in [-0.2, 0) is 27.4 Å². The van der Waals surface area contributed by atoms with Crippen LogP contribution in [0.4, 0.5) is 0 Å². The van der Waals surface area contributed by atoms with Crippen LogP contribution in [0.2, 0.25) is 0 Å². The smallest absolute Gasteiger partial charge is 0.320 e. The summed E-state index contributed by atoms with van der Waals surface area (Å²) in [7, 11) is 0. The Kier molecular flexibility index (Phi) is 9.02. The average Bonchev–Trinajstić information content (AvgIpc) is 2.61. The molecular weight excluding hydrogens is 346 g/mol. The summed E-state index contributed by atoms with van der Waals surface area (Å²) in [5, 5.41) is 8.76. The number of carboxylic acids is 1. The molecule has 27 heavy (non-hydrogen) atoms. The summed E-state index contributed by atoms with van der Waals surface area (Å²) >= 11 is 0. The minimum absolute atomic E-state index is 0.314. The van der Waals surface area contributed by atoms with E-state index in [-0.39, 0.29) is 5.60 Å². The highest BCUT2D eigenvalue weighted by atomic mass is 16.5. The molecule has 2 aromatic carbocycles. The molecule has 0 radical (unpaired) electrons. The van der Waals surface area contributed by atoms with Crippen LogP contribution >= 0.6 is 0 Å². The van der Waals surface area contributed by atoms with Crippen molar-refractivity contribution in [1.82, 2.24) is 0 Å². The van der Waals surface area contributed by atoms with E-state index in [0.717, 1.165) is 16.9 Å². The molecule has 146 valence electrons. The van der Waals surface area contributed by atoms with Gasteiger partial charge in [-0.1, -0.05) is 42.5 Å². The van der Waals surface area contributed by atoms with Crippen molar-refractivity contribution >= 4 is 12.4 Å². The van der Waals surface area contributed by atoms with E-state index < -0.39 is 12.0 Å². The zero-order valence-corrected chi connectivity index (χ0v) is 15.9. The summed E-state index contributed by atoms with van der Waals surface area (Å²) < 4.78 is 10.2. The fourth-order valence-electron chi connectivity index (χ4n) is 1.95. The lowest BCUT2D eigenvalue weighted by Gasteiger charge is -2.14. The number of hydrogen-bond donors (Lipinski definition) is 2. The molecule has 2 aromatic rings. The van der Waals surface area contributed by atoms with Gasteiger partial charge in [0.25, 0.3) is 6.47 Å². The lowest BCUT2D eigenvalue weighted by Crippen LogP contribution is -2.32. The van der Waals surface area contributed by atoms with Gasteiger partial charge in [0.1, 0.15) is 24.0 Å². The molecule has 0 saturated carbocycles. The van der Waals surface area contributed by atoms with Crippen molar-refractivity contribution in [1.29, 1.82) is 0 Å². The van der Waals surface area contributed by atoms with Gasteiger partial charge in [-0.15, -0.1) is 0 Å². The van der Waals surface area contributed by atoms with Gasteiger partial charge in [-0.25, -0.2) is 0 Å². The number of benzene rings is 2. The van der Waals surface area contributed by atoms with E-state index in [1.165, 1.54) is 0 Å². The molecule has 0 aliphatic carbocycles. The van der Waals surface area contributed by atoms with Gasteiger partial charge in [0.05, 0.1) is 0 Å². The third-order valence-electron chi connectivity index (χ3n) is 3.35. The van der Waals surface area contributed by atoms with E-state index in [1.54, 1.807) is 0 Å². The fraction of sp³-hybridized carbons (Fsp3) is 0.333. The van der Waals surface area contributed by atoms with Crippen LogP contribution in [0, 0.1) is 0 Å². The van der Waals surface area contributed by atoms with E-state index in [1.807, 2.05) is 75.4 Å². The summed E-state index contributed by atoms with van der Waals surface area (Å²) in [6.45, 7) is 6.43. The second kappa shape index (κ2) is 11.0. The standard InChI is InChI=1S/C16H17NO3.C5H10O2/c17-15(16(18)19)10-12-6-8-14(9-7-12)20-11-13-4-2-1-3-5-13;1-5(2,3)7-4-6/h1-9,15H,10-11,17H2,(H,18,19);4H,1-3H3. The molecule has 0 heterocycles. The van der Waals surface area contributed by atoms with E-state index in [0.29, 0.717) is 19.5 Å². The number of rotatable bonds is 7. The van der Waals surface area contributed by atoms with Crippen LogP contribution in [0.3, 0.4) is 0 Å². The van der Waals surface area contributed by atoms with Crippen molar-refractivity contribution < 1.29 is 24.2 Å². The lowest BCUT2D eigenvalue weighted by molar-refractivity contribution is -0.139. The summed E-state index contributed by atoms with van der Waals surface area (Å²) in [5.41, 5.74) is 7.16. The Balaban J connectivity index is 0.000000445. The second-order valence-corrected chi connectivity index (χ2v) is 6.89. The largest absolute Gasteiger partial charge is 0.489 e. The summed E-state index contributed by atoms with van der Waals surface area (Å²) in [6, 6.07) is 16.4. The quantitative estimate of drug-likeness (QED) is 0.723. The first kappa shape index (κ1) is 22.2. The highest BCUT2D eigenvalue weighted by Gasteiger charge is 2.11. The molecule has 0 aliphatic rings. The number of ether oxygens (including phenoxy) is 2. The molecule has 1 unspecified atom stereocenters. The van der Waals surface area contributed by atoms with Crippen molar-refractivity contribution in [2.24, 2.45) is 5.73 Å². The Morgan fingerprint density at radius 2 is 1.67 bits per heavy atom. The molecule has 1 atom stereocenters. The van der Waals surface area contributed by atoms with Gasteiger partial charge in [-0.05, 0) is 50.5 Å². The molecule has 0 spiro atoms. The highest BCUT2D eigenvalue weighted by molar-refractivity contribution is 5.73. The van der Waals surface area contributed by atoms with Crippen LogP contribution < -0.4 is 10.5 Å². The number of aliphatic carboxylic acids is 1. The SMILES string of the molecule is CC(C)(C)OC=O.NC(Cc1ccc(OCc2ccccc2)cc1)C(=O)O. The Labute approximate surface area is 159 Å². The maximum absolute atomic E-state index is 10.7. The van der Waals surface area contributed by atoms with Gasteiger partial charge in [0, 0.05) is 0 Å². The van der Waals surface area contributed by atoms with Crippen LogP contribution in [0.1, 0.15) is 31.9 Å². The third-order valence-corrected chi connectivity index (χ3v) is 3.35.